The standard InChI is InChI=1S/C13H17N5O2/c1-9-4-5-17(2)12(19)11(9)16-13(20)14-6-10-7-15-18(3)8-10/h4-5,7-8H,6H2,1-3H3,(H2,14,16,20). The minimum atomic E-state index is -0.416. The Morgan fingerprint density at radius 2 is 2.15 bits per heavy atom. The summed E-state index contributed by atoms with van der Waals surface area (Å²) in [7, 11) is 3.45. The van der Waals surface area contributed by atoms with Crippen molar-refractivity contribution in [1.29, 1.82) is 0 Å². The van der Waals surface area contributed by atoms with Gasteiger partial charge in [0.15, 0.2) is 0 Å². The van der Waals surface area contributed by atoms with Crippen molar-refractivity contribution in [3.05, 3.63) is 46.1 Å². The van der Waals surface area contributed by atoms with Crippen LogP contribution in [0.25, 0.3) is 0 Å². The predicted octanol–water partition coefficient (Wildman–Crippen LogP) is 0.749. The van der Waals surface area contributed by atoms with Gasteiger partial charge in [0, 0.05) is 38.6 Å². The molecule has 0 saturated heterocycles. The van der Waals surface area contributed by atoms with Gasteiger partial charge in [-0.2, -0.15) is 5.10 Å². The highest BCUT2D eigenvalue weighted by atomic mass is 16.2. The van der Waals surface area contributed by atoms with E-state index in [0.717, 1.165) is 11.1 Å². The van der Waals surface area contributed by atoms with Gasteiger partial charge in [-0.15, -0.1) is 0 Å². The van der Waals surface area contributed by atoms with Crippen molar-refractivity contribution in [2.45, 2.75) is 13.5 Å². The van der Waals surface area contributed by atoms with Gasteiger partial charge < -0.3 is 15.2 Å². The molecule has 2 N–H and O–H groups in total. The van der Waals surface area contributed by atoms with E-state index in [1.165, 1.54) is 4.57 Å². The van der Waals surface area contributed by atoms with Crippen LogP contribution in [0.5, 0.6) is 0 Å². The van der Waals surface area contributed by atoms with Crippen molar-refractivity contribution in [3.63, 3.8) is 0 Å². The molecule has 2 aromatic heterocycles. The second kappa shape index (κ2) is 5.60. The molecule has 0 aliphatic heterocycles. The SMILES string of the molecule is Cc1ccn(C)c(=O)c1NC(=O)NCc1cnn(C)c1. The number of carbonyl (C=O) groups is 1. The van der Waals surface area contributed by atoms with Gasteiger partial charge in [-0.1, -0.05) is 0 Å². The summed E-state index contributed by atoms with van der Waals surface area (Å²) in [6.45, 7) is 2.13. The molecule has 20 heavy (non-hydrogen) atoms. The lowest BCUT2D eigenvalue weighted by Gasteiger charge is -2.09. The van der Waals surface area contributed by atoms with E-state index in [2.05, 4.69) is 15.7 Å². The zero-order chi connectivity index (χ0) is 14.7. The fourth-order valence-electron chi connectivity index (χ4n) is 1.77. The number of nitrogens with zero attached hydrogens (tertiary/aromatic N) is 3. The van der Waals surface area contributed by atoms with Crippen LogP contribution in [0.1, 0.15) is 11.1 Å². The summed E-state index contributed by atoms with van der Waals surface area (Å²) >= 11 is 0. The Morgan fingerprint density at radius 3 is 2.80 bits per heavy atom. The van der Waals surface area contributed by atoms with Crippen LogP contribution in [0.2, 0.25) is 0 Å². The first-order valence-electron chi connectivity index (χ1n) is 6.16. The number of hydrogen-bond donors (Lipinski definition) is 2. The summed E-state index contributed by atoms with van der Waals surface area (Å²) in [5.41, 5.74) is 1.67. The van der Waals surface area contributed by atoms with Gasteiger partial charge in [0.1, 0.15) is 5.69 Å². The molecule has 0 unspecified atom stereocenters. The van der Waals surface area contributed by atoms with E-state index < -0.39 is 6.03 Å². The lowest BCUT2D eigenvalue weighted by molar-refractivity contribution is 0.251. The maximum atomic E-state index is 11.9. The monoisotopic (exact) mass is 275 g/mol. The number of aryl methyl sites for hydroxylation is 3. The van der Waals surface area contributed by atoms with E-state index in [-0.39, 0.29) is 5.56 Å². The fourth-order valence-corrected chi connectivity index (χ4v) is 1.77. The number of aromatic nitrogens is 3. The van der Waals surface area contributed by atoms with Gasteiger partial charge in [-0.3, -0.25) is 9.48 Å². The van der Waals surface area contributed by atoms with Crippen LogP contribution in [0.3, 0.4) is 0 Å². The van der Waals surface area contributed by atoms with Crippen molar-refractivity contribution < 1.29 is 4.79 Å². The van der Waals surface area contributed by atoms with Crippen molar-refractivity contribution in [3.8, 4) is 0 Å². The number of rotatable bonds is 3. The zero-order valence-electron chi connectivity index (χ0n) is 11.7. The minimum absolute atomic E-state index is 0.235. The Bertz CT molecular complexity index is 686. The third-order valence-electron chi connectivity index (χ3n) is 2.93. The molecule has 0 radical (unpaired) electrons. The van der Waals surface area contributed by atoms with Gasteiger partial charge in [-0.25, -0.2) is 4.79 Å². The lowest BCUT2D eigenvalue weighted by atomic mass is 10.2. The molecule has 7 nitrogen and oxygen atoms in total. The van der Waals surface area contributed by atoms with E-state index in [9.17, 15) is 9.59 Å². The Kier molecular flexibility index (Phi) is 3.88. The van der Waals surface area contributed by atoms with Crippen LogP contribution in [0.15, 0.2) is 29.5 Å². The van der Waals surface area contributed by atoms with Crippen LogP contribution in [-0.4, -0.2) is 20.4 Å². The summed E-state index contributed by atoms with van der Waals surface area (Å²) in [6.07, 6.45) is 5.15. The zero-order valence-corrected chi connectivity index (χ0v) is 11.7. The summed E-state index contributed by atoms with van der Waals surface area (Å²) in [6, 6.07) is 1.36. The number of amides is 2. The van der Waals surface area contributed by atoms with Crippen molar-refractivity contribution in [2.24, 2.45) is 14.1 Å². The summed E-state index contributed by atoms with van der Waals surface area (Å²) in [5.74, 6) is 0. The van der Waals surface area contributed by atoms with Crippen molar-refractivity contribution in [1.82, 2.24) is 19.7 Å². The fraction of sp³-hybridized carbons (Fsp3) is 0.308. The highest BCUT2D eigenvalue weighted by molar-refractivity contribution is 5.89. The smallest absolute Gasteiger partial charge is 0.319 e. The van der Waals surface area contributed by atoms with E-state index in [0.29, 0.717) is 12.2 Å². The molecule has 106 valence electrons. The van der Waals surface area contributed by atoms with Gasteiger partial charge in [0.05, 0.1) is 6.20 Å². The molecule has 0 aliphatic rings. The molecule has 0 saturated carbocycles. The summed E-state index contributed by atoms with van der Waals surface area (Å²) in [4.78, 5) is 23.7. The summed E-state index contributed by atoms with van der Waals surface area (Å²) < 4.78 is 3.08. The molecule has 0 bridgehead atoms. The topological polar surface area (TPSA) is 81.0 Å². The molecule has 2 rings (SSSR count). The van der Waals surface area contributed by atoms with Gasteiger partial charge in [0.2, 0.25) is 0 Å². The van der Waals surface area contributed by atoms with E-state index >= 15 is 0 Å². The highest BCUT2D eigenvalue weighted by Crippen LogP contribution is 2.07. The molecule has 7 heteroatoms. The first-order chi connectivity index (χ1) is 9.47. The maximum Gasteiger partial charge on any atom is 0.319 e. The summed E-state index contributed by atoms with van der Waals surface area (Å²) in [5, 5.41) is 9.28. The highest BCUT2D eigenvalue weighted by Gasteiger charge is 2.09. The molecule has 2 amide bonds. The third-order valence-corrected chi connectivity index (χ3v) is 2.93. The molecular formula is C13H17N5O2. The van der Waals surface area contributed by atoms with Crippen LogP contribution < -0.4 is 16.2 Å². The molecule has 2 aromatic rings. The molecule has 0 aliphatic carbocycles. The quantitative estimate of drug-likeness (QED) is 0.867. The van der Waals surface area contributed by atoms with E-state index in [1.54, 1.807) is 44.2 Å². The Labute approximate surface area is 116 Å². The number of nitrogens with one attached hydrogen (secondary N) is 2. The van der Waals surface area contributed by atoms with Crippen molar-refractivity contribution >= 4 is 11.7 Å². The van der Waals surface area contributed by atoms with Crippen LogP contribution >= 0.6 is 0 Å². The second-order valence-electron chi connectivity index (χ2n) is 4.62. The minimum Gasteiger partial charge on any atom is -0.334 e. The number of hydrogen-bond acceptors (Lipinski definition) is 3. The maximum absolute atomic E-state index is 11.9. The average Bonchev–Trinajstić information content (AvgIpc) is 2.83. The molecule has 0 atom stereocenters. The first kappa shape index (κ1) is 13.9. The number of pyridine rings is 1. The average molecular weight is 275 g/mol. The van der Waals surface area contributed by atoms with Crippen LogP contribution in [-0.2, 0) is 20.6 Å². The molecular weight excluding hydrogens is 258 g/mol. The molecule has 2 heterocycles. The van der Waals surface area contributed by atoms with Gasteiger partial charge >= 0.3 is 6.03 Å². The van der Waals surface area contributed by atoms with E-state index in [4.69, 9.17) is 0 Å². The van der Waals surface area contributed by atoms with Crippen LogP contribution in [0, 0.1) is 6.92 Å². The number of carbonyl (C=O) groups excluding carboxylic acids is 1. The Morgan fingerprint density at radius 1 is 1.40 bits per heavy atom. The third kappa shape index (κ3) is 3.05. The molecule has 0 spiro atoms. The van der Waals surface area contributed by atoms with Crippen molar-refractivity contribution in [2.75, 3.05) is 5.32 Å². The van der Waals surface area contributed by atoms with Crippen LogP contribution in [0.4, 0.5) is 10.5 Å². The predicted molar refractivity (Wildman–Crippen MR) is 75.5 cm³/mol. The normalized spacial score (nSPS) is 10.3. The lowest BCUT2D eigenvalue weighted by Crippen LogP contribution is -2.32. The Balaban J connectivity index is 2.02. The largest absolute Gasteiger partial charge is 0.334 e. The number of anilines is 1. The molecule has 0 aromatic carbocycles. The first-order valence-corrected chi connectivity index (χ1v) is 6.16. The molecule has 0 fully saturated rings. The van der Waals surface area contributed by atoms with E-state index in [1.807, 2.05) is 6.20 Å². The second-order valence-corrected chi connectivity index (χ2v) is 4.62. The number of urea groups is 1. The van der Waals surface area contributed by atoms with Gasteiger partial charge in [0.25, 0.3) is 5.56 Å². The Hall–Kier alpha value is -2.57. The van der Waals surface area contributed by atoms with Gasteiger partial charge in [-0.05, 0) is 18.6 Å².